The van der Waals surface area contributed by atoms with Crippen LogP contribution in [0.1, 0.15) is 17.3 Å². The van der Waals surface area contributed by atoms with E-state index < -0.39 is 11.7 Å². The Bertz CT molecular complexity index is 382. The van der Waals surface area contributed by atoms with Gasteiger partial charge in [0.25, 0.3) is 5.91 Å². The normalized spacial score (nSPS) is 12.2. The average molecular weight is 226 g/mol. The van der Waals surface area contributed by atoms with Crippen LogP contribution in [0.4, 0.5) is 4.39 Å². The number of nitrogens with one attached hydrogen (secondary N) is 1. The summed E-state index contributed by atoms with van der Waals surface area (Å²) in [6.45, 7) is 2.78. The monoisotopic (exact) mass is 226 g/mol. The van der Waals surface area contributed by atoms with Crippen LogP contribution in [-0.4, -0.2) is 24.1 Å². The number of rotatable bonds is 4. The van der Waals surface area contributed by atoms with Crippen molar-refractivity contribution < 1.29 is 14.3 Å². The third kappa shape index (κ3) is 3.20. The van der Waals surface area contributed by atoms with Gasteiger partial charge in [-0.1, -0.05) is 6.92 Å². The van der Waals surface area contributed by atoms with Crippen LogP contribution >= 0.6 is 0 Å². The third-order valence-corrected chi connectivity index (χ3v) is 2.22. The average Bonchev–Trinajstić information content (AvgIpc) is 2.25. The number of nitrogens with two attached hydrogens (primary N) is 1. The molecule has 0 aliphatic heterocycles. The topological polar surface area (TPSA) is 75.3 Å². The van der Waals surface area contributed by atoms with E-state index in [-0.39, 0.29) is 17.2 Å². The zero-order valence-electron chi connectivity index (χ0n) is 9.03. The molecule has 0 aromatic heterocycles. The van der Waals surface area contributed by atoms with Crippen LogP contribution in [0.2, 0.25) is 0 Å². The second-order valence-electron chi connectivity index (χ2n) is 3.71. The van der Waals surface area contributed by atoms with Crippen molar-refractivity contribution in [2.24, 2.45) is 11.7 Å². The highest BCUT2D eigenvalue weighted by atomic mass is 19.1. The van der Waals surface area contributed by atoms with Crippen molar-refractivity contribution in [3.05, 3.63) is 29.6 Å². The first-order valence-electron chi connectivity index (χ1n) is 5.01. The van der Waals surface area contributed by atoms with Gasteiger partial charge in [0.15, 0.2) is 0 Å². The SMILES string of the molecule is CC(CN)CNC(=O)c1ccc(F)cc1O. The van der Waals surface area contributed by atoms with Gasteiger partial charge in [0.05, 0.1) is 5.56 Å². The second kappa shape index (κ2) is 5.46. The number of hydrogen-bond donors (Lipinski definition) is 3. The van der Waals surface area contributed by atoms with Crippen LogP contribution in [0.15, 0.2) is 18.2 Å². The number of hydrogen-bond acceptors (Lipinski definition) is 3. The van der Waals surface area contributed by atoms with E-state index in [1.807, 2.05) is 6.92 Å². The first-order valence-corrected chi connectivity index (χ1v) is 5.01. The van der Waals surface area contributed by atoms with Gasteiger partial charge in [-0.05, 0) is 24.6 Å². The molecule has 16 heavy (non-hydrogen) atoms. The lowest BCUT2D eigenvalue weighted by Gasteiger charge is -2.10. The van der Waals surface area contributed by atoms with Crippen molar-refractivity contribution in [1.82, 2.24) is 5.32 Å². The van der Waals surface area contributed by atoms with Crippen molar-refractivity contribution in [1.29, 1.82) is 0 Å². The number of phenols is 1. The van der Waals surface area contributed by atoms with Gasteiger partial charge in [0, 0.05) is 12.6 Å². The number of phenolic OH excluding ortho intramolecular Hbond substituents is 1. The van der Waals surface area contributed by atoms with Gasteiger partial charge in [0.2, 0.25) is 0 Å². The predicted octanol–water partition coefficient (Wildman–Crippen LogP) is 0.856. The maximum absolute atomic E-state index is 12.7. The molecule has 1 unspecified atom stereocenters. The molecule has 0 saturated carbocycles. The van der Waals surface area contributed by atoms with Gasteiger partial charge < -0.3 is 16.2 Å². The Balaban J connectivity index is 2.66. The van der Waals surface area contributed by atoms with E-state index in [2.05, 4.69) is 5.32 Å². The molecule has 1 aromatic rings. The number of carbonyl (C=O) groups is 1. The van der Waals surface area contributed by atoms with E-state index in [9.17, 15) is 14.3 Å². The Morgan fingerprint density at radius 2 is 2.31 bits per heavy atom. The van der Waals surface area contributed by atoms with E-state index in [0.29, 0.717) is 13.1 Å². The van der Waals surface area contributed by atoms with Crippen LogP contribution < -0.4 is 11.1 Å². The lowest BCUT2D eigenvalue weighted by molar-refractivity contribution is 0.0946. The van der Waals surface area contributed by atoms with Crippen molar-refractivity contribution in [2.75, 3.05) is 13.1 Å². The molecule has 5 heteroatoms. The molecule has 4 nitrogen and oxygen atoms in total. The molecule has 0 fully saturated rings. The summed E-state index contributed by atoms with van der Waals surface area (Å²) < 4.78 is 12.7. The number of amides is 1. The lowest BCUT2D eigenvalue weighted by atomic mass is 10.1. The molecular weight excluding hydrogens is 211 g/mol. The fourth-order valence-electron chi connectivity index (χ4n) is 1.14. The Labute approximate surface area is 93.3 Å². The van der Waals surface area contributed by atoms with Gasteiger partial charge in [-0.3, -0.25) is 4.79 Å². The Hall–Kier alpha value is -1.62. The number of halogens is 1. The largest absolute Gasteiger partial charge is 0.507 e. The fourth-order valence-corrected chi connectivity index (χ4v) is 1.14. The molecule has 4 N–H and O–H groups in total. The molecule has 1 amide bonds. The van der Waals surface area contributed by atoms with Crippen LogP contribution in [0, 0.1) is 11.7 Å². The molecular formula is C11H15FN2O2. The lowest BCUT2D eigenvalue weighted by Crippen LogP contribution is -2.31. The van der Waals surface area contributed by atoms with Gasteiger partial charge in [-0.15, -0.1) is 0 Å². The van der Waals surface area contributed by atoms with Gasteiger partial charge in [0.1, 0.15) is 11.6 Å². The molecule has 0 saturated heterocycles. The number of aromatic hydroxyl groups is 1. The molecule has 0 heterocycles. The fraction of sp³-hybridized carbons (Fsp3) is 0.364. The molecule has 88 valence electrons. The highest BCUT2D eigenvalue weighted by Gasteiger charge is 2.12. The highest BCUT2D eigenvalue weighted by molar-refractivity contribution is 5.96. The number of carbonyl (C=O) groups excluding carboxylic acids is 1. The van der Waals surface area contributed by atoms with E-state index in [1.165, 1.54) is 6.07 Å². The molecule has 0 radical (unpaired) electrons. The minimum absolute atomic E-state index is 0.0608. The minimum atomic E-state index is -0.579. The van der Waals surface area contributed by atoms with Gasteiger partial charge in [-0.25, -0.2) is 4.39 Å². The summed E-state index contributed by atoms with van der Waals surface area (Å²) >= 11 is 0. The maximum Gasteiger partial charge on any atom is 0.255 e. The quantitative estimate of drug-likeness (QED) is 0.712. The number of benzene rings is 1. The minimum Gasteiger partial charge on any atom is -0.507 e. The van der Waals surface area contributed by atoms with E-state index in [1.54, 1.807) is 0 Å². The molecule has 1 atom stereocenters. The standard InChI is InChI=1S/C11H15FN2O2/c1-7(5-13)6-14-11(16)9-3-2-8(12)4-10(9)15/h2-4,7,15H,5-6,13H2,1H3,(H,14,16). The third-order valence-electron chi connectivity index (χ3n) is 2.22. The summed E-state index contributed by atoms with van der Waals surface area (Å²) in [6, 6.07) is 3.27. The summed E-state index contributed by atoms with van der Waals surface area (Å²) in [5.74, 6) is -1.22. The zero-order valence-corrected chi connectivity index (χ0v) is 9.03. The van der Waals surface area contributed by atoms with Crippen molar-refractivity contribution >= 4 is 5.91 Å². The van der Waals surface area contributed by atoms with Gasteiger partial charge >= 0.3 is 0 Å². The summed E-state index contributed by atoms with van der Waals surface area (Å²) in [7, 11) is 0. The molecule has 0 bridgehead atoms. The first-order chi connectivity index (χ1) is 7.54. The molecule has 0 spiro atoms. The molecule has 1 aromatic carbocycles. The Morgan fingerprint density at radius 3 is 2.88 bits per heavy atom. The van der Waals surface area contributed by atoms with Crippen molar-refractivity contribution in [2.45, 2.75) is 6.92 Å². The predicted molar refractivity (Wildman–Crippen MR) is 58.6 cm³/mol. The second-order valence-corrected chi connectivity index (χ2v) is 3.71. The summed E-state index contributed by atoms with van der Waals surface area (Å²) in [5, 5.41) is 12.0. The molecule has 0 aliphatic rings. The smallest absolute Gasteiger partial charge is 0.255 e. The van der Waals surface area contributed by atoms with Crippen LogP contribution in [0.3, 0.4) is 0 Å². The van der Waals surface area contributed by atoms with Crippen LogP contribution in [0.5, 0.6) is 5.75 Å². The summed E-state index contributed by atoms with van der Waals surface area (Å²) in [5.41, 5.74) is 5.46. The van der Waals surface area contributed by atoms with Crippen molar-refractivity contribution in [3.63, 3.8) is 0 Å². The summed E-state index contributed by atoms with van der Waals surface area (Å²) in [4.78, 5) is 11.6. The first kappa shape index (κ1) is 12.4. The van der Waals surface area contributed by atoms with Crippen molar-refractivity contribution in [3.8, 4) is 5.75 Å². The van der Waals surface area contributed by atoms with Crippen LogP contribution in [-0.2, 0) is 0 Å². The van der Waals surface area contributed by atoms with E-state index in [0.717, 1.165) is 12.1 Å². The van der Waals surface area contributed by atoms with Crippen LogP contribution in [0.25, 0.3) is 0 Å². The molecule has 0 aliphatic carbocycles. The van der Waals surface area contributed by atoms with E-state index >= 15 is 0 Å². The Kier molecular flexibility index (Phi) is 4.25. The highest BCUT2D eigenvalue weighted by Crippen LogP contribution is 2.17. The maximum atomic E-state index is 12.7. The van der Waals surface area contributed by atoms with Gasteiger partial charge in [-0.2, -0.15) is 0 Å². The Morgan fingerprint density at radius 1 is 1.62 bits per heavy atom. The van der Waals surface area contributed by atoms with E-state index in [4.69, 9.17) is 5.73 Å². The zero-order chi connectivity index (χ0) is 12.1. The molecule has 1 rings (SSSR count). The summed E-state index contributed by atoms with van der Waals surface area (Å²) in [6.07, 6.45) is 0.